The molecule has 0 fully saturated rings. The van der Waals surface area contributed by atoms with E-state index in [0.29, 0.717) is 12.6 Å². The Morgan fingerprint density at radius 3 is 2.81 bits per heavy atom. The highest BCUT2D eigenvalue weighted by atomic mass is 32.1. The molecule has 3 rings (SSSR count). The minimum atomic E-state index is 0.493. The number of fused-ring (bicyclic) bond motifs is 1. The molecular weight excluding hydrogens is 280 g/mol. The Hall–Kier alpha value is -1.39. The maximum atomic E-state index is 5.50. The summed E-state index contributed by atoms with van der Waals surface area (Å²) in [5.74, 6) is 0.924. The Bertz CT molecular complexity index is 591. The van der Waals surface area contributed by atoms with Crippen molar-refractivity contribution in [1.82, 2.24) is 10.3 Å². The third-order valence-corrected chi connectivity index (χ3v) is 5.07. The van der Waals surface area contributed by atoms with Crippen molar-refractivity contribution in [2.45, 2.75) is 39.2 Å². The number of ether oxygens (including phenoxy) is 1. The van der Waals surface area contributed by atoms with E-state index in [4.69, 9.17) is 9.72 Å². The van der Waals surface area contributed by atoms with E-state index >= 15 is 0 Å². The average Bonchev–Trinajstić information content (AvgIpc) is 2.94. The van der Waals surface area contributed by atoms with Crippen molar-refractivity contribution < 1.29 is 4.74 Å². The van der Waals surface area contributed by atoms with Gasteiger partial charge in [0, 0.05) is 16.5 Å². The van der Waals surface area contributed by atoms with Gasteiger partial charge in [0.2, 0.25) is 0 Å². The lowest BCUT2D eigenvalue weighted by molar-refractivity contribution is 0.340. The lowest BCUT2D eigenvalue weighted by Crippen LogP contribution is -2.23. The molecule has 0 saturated heterocycles. The van der Waals surface area contributed by atoms with Crippen LogP contribution in [0.4, 0.5) is 0 Å². The predicted octanol–water partition coefficient (Wildman–Crippen LogP) is 4.20. The van der Waals surface area contributed by atoms with E-state index in [0.717, 1.165) is 23.7 Å². The first-order valence-corrected chi connectivity index (χ1v) is 8.59. The van der Waals surface area contributed by atoms with Crippen LogP contribution < -0.4 is 10.1 Å². The number of hydrogen-bond acceptors (Lipinski definition) is 4. The largest absolute Gasteiger partial charge is 0.494 e. The Kier molecular flexibility index (Phi) is 4.56. The molecule has 0 saturated carbocycles. The number of aromatic nitrogens is 1. The Morgan fingerprint density at radius 2 is 2.10 bits per heavy atom. The fourth-order valence-electron chi connectivity index (χ4n) is 2.84. The van der Waals surface area contributed by atoms with Crippen LogP contribution >= 0.6 is 11.3 Å². The normalized spacial score (nSPS) is 17.5. The molecule has 0 amide bonds. The van der Waals surface area contributed by atoms with Gasteiger partial charge in [0.25, 0.3) is 0 Å². The highest BCUT2D eigenvalue weighted by Gasteiger charge is 2.24. The third-order valence-electron chi connectivity index (χ3n) is 3.81. The molecule has 0 bridgehead atoms. The van der Waals surface area contributed by atoms with Crippen molar-refractivity contribution in [3.63, 3.8) is 0 Å². The van der Waals surface area contributed by atoms with Gasteiger partial charge in [0.05, 0.1) is 12.3 Å². The molecule has 1 atom stereocenters. The second-order valence-electron chi connectivity index (χ2n) is 5.29. The summed E-state index contributed by atoms with van der Waals surface area (Å²) < 4.78 is 5.50. The van der Waals surface area contributed by atoms with Gasteiger partial charge in [0.1, 0.15) is 10.8 Å². The molecule has 0 aliphatic heterocycles. The van der Waals surface area contributed by atoms with Gasteiger partial charge < -0.3 is 10.1 Å². The summed E-state index contributed by atoms with van der Waals surface area (Å²) in [4.78, 5) is 6.30. The molecule has 0 radical (unpaired) electrons. The Morgan fingerprint density at radius 1 is 1.29 bits per heavy atom. The smallest absolute Gasteiger partial charge is 0.123 e. The summed E-state index contributed by atoms with van der Waals surface area (Å²) in [5.41, 5.74) is 2.48. The molecule has 1 aromatic carbocycles. The van der Waals surface area contributed by atoms with Crippen LogP contribution in [0.15, 0.2) is 24.3 Å². The maximum Gasteiger partial charge on any atom is 0.123 e. The lowest BCUT2D eigenvalue weighted by Gasteiger charge is -2.21. The summed E-state index contributed by atoms with van der Waals surface area (Å²) in [5, 5.41) is 4.71. The number of nitrogens with one attached hydrogen (secondary N) is 1. The van der Waals surface area contributed by atoms with E-state index in [1.54, 1.807) is 0 Å². The third kappa shape index (κ3) is 3.11. The first-order chi connectivity index (χ1) is 10.3. The zero-order valence-electron chi connectivity index (χ0n) is 12.7. The van der Waals surface area contributed by atoms with Crippen LogP contribution in [-0.2, 0) is 6.42 Å². The van der Waals surface area contributed by atoms with Gasteiger partial charge >= 0.3 is 0 Å². The number of rotatable bonds is 5. The van der Waals surface area contributed by atoms with Crippen LogP contribution in [0, 0.1) is 0 Å². The van der Waals surface area contributed by atoms with Gasteiger partial charge in [-0.05, 0) is 57.0 Å². The van der Waals surface area contributed by atoms with E-state index in [1.165, 1.54) is 29.0 Å². The molecule has 1 heterocycles. The summed E-state index contributed by atoms with van der Waals surface area (Å²) in [6, 6.07) is 8.77. The summed E-state index contributed by atoms with van der Waals surface area (Å²) >= 11 is 1.84. The van der Waals surface area contributed by atoms with Gasteiger partial charge in [-0.1, -0.05) is 6.92 Å². The van der Waals surface area contributed by atoms with Crippen molar-refractivity contribution in [2.75, 3.05) is 13.2 Å². The molecule has 4 heteroatoms. The highest BCUT2D eigenvalue weighted by molar-refractivity contribution is 7.15. The quantitative estimate of drug-likeness (QED) is 0.899. The molecule has 112 valence electrons. The number of nitrogens with zero attached hydrogens (tertiary/aromatic N) is 1. The minimum Gasteiger partial charge on any atom is -0.494 e. The van der Waals surface area contributed by atoms with Crippen LogP contribution in [0.5, 0.6) is 5.75 Å². The maximum absolute atomic E-state index is 5.50. The summed E-state index contributed by atoms with van der Waals surface area (Å²) in [6.45, 7) is 5.89. The molecular formula is C17H22N2OS. The standard InChI is InChI=1S/C17H22N2OS/c1-3-18-14-6-5-7-15-16(14)21-17(19-15)12-8-10-13(11-9-12)20-4-2/h8-11,14,18H,3-7H2,1-2H3. The van der Waals surface area contributed by atoms with E-state index < -0.39 is 0 Å². The topological polar surface area (TPSA) is 34.2 Å². The van der Waals surface area contributed by atoms with Crippen molar-refractivity contribution in [2.24, 2.45) is 0 Å². The summed E-state index contributed by atoms with van der Waals surface area (Å²) in [6.07, 6.45) is 3.58. The van der Waals surface area contributed by atoms with Gasteiger partial charge in [0.15, 0.2) is 0 Å². The molecule has 21 heavy (non-hydrogen) atoms. The fraction of sp³-hybridized carbons (Fsp3) is 0.471. The van der Waals surface area contributed by atoms with Gasteiger partial charge in [-0.15, -0.1) is 11.3 Å². The molecule has 1 aliphatic rings. The van der Waals surface area contributed by atoms with Crippen LogP contribution in [0.25, 0.3) is 10.6 Å². The number of aryl methyl sites for hydroxylation is 1. The molecule has 3 nitrogen and oxygen atoms in total. The van der Waals surface area contributed by atoms with Crippen molar-refractivity contribution in [3.05, 3.63) is 34.8 Å². The molecule has 1 aromatic heterocycles. The van der Waals surface area contributed by atoms with Gasteiger partial charge in [-0.3, -0.25) is 0 Å². The summed E-state index contributed by atoms with van der Waals surface area (Å²) in [7, 11) is 0. The van der Waals surface area contributed by atoms with Crippen LogP contribution in [0.3, 0.4) is 0 Å². The van der Waals surface area contributed by atoms with Crippen LogP contribution in [-0.4, -0.2) is 18.1 Å². The van der Waals surface area contributed by atoms with Gasteiger partial charge in [-0.25, -0.2) is 4.98 Å². The zero-order chi connectivity index (χ0) is 14.7. The second kappa shape index (κ2) is 6.58. The van der Waals surface area contributed by atoms with E-state index in [-0.39, 0.29) is 0 Å². The first-order valence-electron chi connectivity index (χ1n) is 7.78. The van der Waals surface area contributed by atoms with Crippen molar-refractivity contribution in [3.8, 4) is 16.3 Å². The monoisotopic (exact) mass is 302 g/mol. The second-order valence-corrected chi connectivity index (χ2v) is 6.32. The van der Waals surface area contributed by atoms with Crippen LogP contribution in [0.1, 0.15) is 43.3 Å². The fourth-order valence-corrected chi connectivity index (χ4v) is 4.07. The highest BCUT2D eigenvalue weighted by Crippen LogP contribution is 2.38. The molecule has 1 aliphatic carbocycles. The number of hydrogen-bond donors (Lipinski definition) is 1. The molecule has 2 aromatic rings. The van der Waals surface area contributed by atoms with Gasteiger partial charge in [-0.2, -0.15) is 0 Å². The predicted molar refractivity (Wildman–Crippen MR) is 88.1 cm³/mol. The van der Waals surface area contributed by atoms with E-state index in [2.05, 4.69) is 24.4 Å². The molecule has 1 N–H and O–H groups in total. The number of thiazole rings is 1. The molecule has 1 unspecified atom stereocenters. The Labute approximate surface area is 130 Å². The Balaban J connectivity index is 1.86. The van der Waals surface area contributed by atoms with Crippen molar-refractivity contribution >= 4 is 11.3 Å². The minimum absolute atomic E-state index is 0.493. The SMILES string of the molecule is CCNC1CCCc2nc(-c3ccc(OCC)cc3)sc21. The zero-order valence-corrected chi connectivity index (χ0v) is 13.5. The molecule has 0 spiro atoms. The van der Waals surface area contributed by atoms with Crippen LogP contribution in [0.2, 0.25) is 0 Å². The van der Waals surface area contributed by atoms with E-state index in [9.17, 15) is 0 Å². The first kappa shape index (κ1) is 14.5. The van der Waals surface area contributed by atoms with E-state index in [1.807, 2.05) is 30.4 Å². The number of benzene rings is 1. The average molecular weight is 302 g/mol. The van der Waals surface area contributed by atoms with Crippen molar-refractivity contribution in [1.29, 1.82) is 0 Å². The lowest BCUT2D eigenvalue weighted by atomic mass is 9.98.